The van der Waals surface area contributed by atoms with Gasteiger partial charge in [-0.3, -0.25) is 0 Å². The van der Waals surface area contributed by atoms with Crippen LogP contribution in [0.25, 0.3) is 0 Å². The van der Waals surface area contributed by atoms with Crippen molar-refractivity contribution in [3.05, 3.63) is 40.3 Å². The molecular weight excluding hydrogens is 318 g/mol. The van der Waals surface area contributed by atoms with E-state index in [2.05, 4.69) is 29.5 Å². The summed E-state index contributed by atoms with van der Waals surface area (Å²) in [6.45, 7) is 4.99. The van der Waals surface area contributed by atoms with Crippen LogP contribution in [0.1, 0.15) is 30.9 Å². The maximum Gasteiger partial charge on any atom is 0.112 e. The number of halogens is 1. The average molecular weight is 336 g/mol. The lowest BCUT2D eigenvalue weighted by Crippen LogP contribution is -2.05. The molecule has 22 heavy (non-hydrogen) atoms. The van der Waals surface area contributed by atoms with Gasteiger partial charge >= 0.3 is 0 Å². The summed E-state index contributed by atoms with van der Waals surface area (Å²) in [7, 11) is 0. The highest BCUT2D eigenvalue weighted by molar-refractivity contribution is 7.99. The number of rotatable bonds is 6. The van der Waals surface area contributed by atoms with Crippen LogP contribution >= 0.6 is 23.4 Å². The van der Waals surface area contributed by atoms with Crippen LogP contribution in [-0.2, 0) is 19.4 Å². The van der Waals surface area contributed by atoms with E-state index in [4.69, 9.17) is 16.9 Å². The predicted molar refractivity (Wildman–Crippen MR) is 88.4 cm³/mol. The topological polar surface area (TPSA) is 61.8 Å². The molecule has 0 unspecified atom stereocenters. The molecule has 0 amide bonds. The summed E-state index contributed by atoms with van der Waals surface area (Å²) in [6.07, 6.45) is 1.36. The van der Waals surface area contributed by atoms with Crippen LogP contribution in [0.15, 0.2) is 28.1 Å². The molecule has 1 heterocycles. The van der Waals surface area contributed by atoms with Gasteiger partial charge in [0.2, 0.25) is 0 Å². The summed E-state index contributed by atoms with van der Waals surface area (Å²) in [5.41, 5.74) is 1.56. The van der Waals surface area contributed by atoms with E-state index in [1.54, 1.807) is 17.8 Å². The van der Waals surface area contributed by atoms with Gasteiger partial charge in [0.1, 0.15) is 10.9 Å². The highest BCUT2D eigenvalue weighted by Crippen LogP contribution is 2.34. The lowest BCUT2D eigenvalue weighted by Gasteiger charge is -2.10. The van der Waals surface area contributed by atoms with Gasteiger partial charge < -0.3 is 9.67 Å². The molecule has 1 N–H and O–H groups in total. The summed E-state index contributed by atoms with van der Waals surface area (Å²) in [4.78, 5) is 5.55. The van der Waals surface area contributed by atoms with Gasteiger partial charge in [-0.05, 0) is 31.5 Å². The van der Waals surface area contributed by atoms with Crippen molar-refractivity contribution in [1.29, 1.82) is 5.26 Å². The summed E-state index contributed by atoms with van der Waals surface area (Å²) >= 11 is 7.64. The van der Waals surface area contributed by atoms with E-state index in [1.165, 1.54) is 0 Å². The lowest BCUT2D eigenvalue weighted by atomic mass is 10.2. The first-order chi connectivity index (χ1) is 10.6. The Balaban J connectivity index is 2.44. The monoisotopic (exact) mass is 335 g/mol. The molecule has 2 aromatic rings. The third-order valence-electron chi connectivity index (χ3n) is 3.27. The van der Waals surface area contributed by atoms with Gasteiger partial charge in [0, 0.05) is 22.9 Å². The van der Waals surface area contributed by atoms with Crippen LogP contribution in [0, 0.1) is 11.3 Å². The second-order valence-corrected chi connectivity index (χ2v) is 6.24. The SMILES string of the molecule is CCc1nc(CCO)n(CC)c1Sc1cc(Cl)cc(C#N)c1. The van der Waals surface area contributed by atoms with Crippen LogP contribution in [0.4, 0.5) is 0 Å². The number of aliphatic hydroxyl groups is 1. The molecule has 1 aromatic carbocycles. The Morgan fingerprint density at radius 2 is 2.14 bits per heavy atom. The molecule has 0 aliphatic rings. The van der Waals surface area contributed by atoms with Crippen molar-refractivity contribution < 1.29 is 5.11 Å². The quantitative estimate of drug-likeness (QED) is 0.874. The van der Waals surface area contributed by atoms with Gasteiger partial charge in [-0.2, -0.15) is 5.26 Å². The number of aromatic nitrogens is 2. The Morgan fingerprint density at radius 3 is 2.73 bits per heavy atom. The van der Waals surface area contributed by atoms with Crippen molar-refractivity contribution in [2.24, 2.45) is 0 Å². The van der Waals surface area contributed by atoms with Crippen LogP contribution < -0.4 is 0 Å². The van der Waals surface area contributed by atoms with E-state index in [1.807, 2.05) is 12.1 Å². The molecule has 1 aromatic heterocycles. The minimum absolute atomic E-state index is 0.0834. The van der Waals surface area contributed by atoms with Crippen LogP contribution in [0.5, 0.6) is 0 Å². The van der Waals surface area contributed by atoms with Crippen molar-refractivity contribution in [1.82, 2.24) is 9.55 Å². The zero-order valence-electron chi connectivity index (χ0n) is 12.6. The molecule has 116 valence electrons. The first-order valence-electron chi connectivity index (χ1n) is 7.20. The highest BCUT2D eigenvalue weighted by Gasteiger charge is 2.16. The Labute approximate surface area is 139 Å². The number of hydrogen-bond acceptors (Lipinski definition) is 4. The number of nitrogens with zero attached hydrogens (tertiary/aromatic N) is 3. The summed E-state index contributed by atoms with van der Waals surface area (Å²) in [5.74, 6) is 0.895. The Kier molecular flexibility index (Phi) is 5.90. The number of nitriles is 1. The zero-order valence-corrected chi connectivity index (χ0v) is 14.2. The normalized spacial score (nSPS) is 10.7. The van der Waals surface area contributed by atoms with E-state index in [0.717, 1.165) is 34.4 Å². The minimum Gasteiger partial charge on any atom is -0.396 e. The molecule has 0 radical (unpaired) electrons. The number of benzene rings is 1. The second-order valence-electron chi connectivity index (χ2n) is 4.74. The van der Waals surface area contributed by atoms with Crippen molar-refractivity contribution >= 4 is 23.4 Å². The maximum absolute atomic E-state index is 9.19. The molecule has 2 rings (SSSR count). The van der Waals surface area contributed by atoms with Crippen molar-refractivity contribution in [2.75, 3.05) is 6.61 Å². The molecule has 0 aliphatic heterocycles. The molecule has 4 nitrogen and oxygen atoms in total. The predicted octanol–water partition coefficient (Wildman–Crippen LogP) is 3.68. The third-order valence-corrected chi connectivity index (χ3v) is 4.61. The molecular formula is C16H18ClN3OS. The average Bonchev–Trinajstić information content (AvgIpc) is 2.83. The smallest absolute Gasteiger partial charge is 0.112 e. The number of aliphatic hydroxyl groups excluding tert-OH is 1. The van der Waals surface area contributed by atoms with Gasteiger partial charge in [-0.25, -0.2) is 4.98 Å². The van der Waals surface area contributed by atoms with Crippen LogP contribution in [-0.4, -0.2) is 21.3 Å². The van der Waals surface area contributed by atoms with Gasteiger partial charge in [0.05, 0.1) is 23.9 Å². The molecule has 0 aliphatic carbocycles. The first kappa shape index (κ1) is 16.9. The highest BCUT2D eigenvalue weighted by atomic mass is 35.5. The van der Waals surface area contributed by atoms with E-state index in [-0.39, 0.29) is 6.61 Å². The zero-order chi connectivity index (χ0) is 16.1. The lowest BCUT2D eigenvalue weighted by molar-refractivity contribution is 0.294. The Hall–Kier alpha value is -1.48. The fraction of sp³-hybridized carbons (Fsp3) is 0.375. The van der Waals surface area contributed by atoms with Crippen molar-refractivity contribution in [3.8, 4) is 6.07 Å². The first-order valence-corrected chi connectivity index (χ1v) is 8.40. The molecule has 0 saturated carbocycles. The molecule has 0 atom stereocenters. The molecule has 0 bridgehead atoms. The maximum atomic E-state index is 9.19. The fourth-order valence-corrected chi connectivity index (χ4v) is 3.84. The Bertz CT molecular complexity index is 706. The largest absolute Gasteiger partial charge is 0.396 e. The molecule has 0 fully saturated rings. The second kappa shape index (κ2) is 7.68. The van der Waals surface area contributed by atoms with Crippen molar-refractivity contribution in [3.63, 3.8) is 0 Å². The molecule has 0 saturated heterocycles. The molecule has 0 spiro atoms. The van der Waals surface area contributed by atoms with Gasteiger partial charge in [0.15, 0.2) is 0 Å². The van der Waals surface area contributed by atoms with Crippen molar-refractivity contribution in [2.45, 2.75) is 43.2 Å². The van der Waals surface area contributed by atoms with Gasteiger partial charge in [-0.15, -0.1) is 0 Å². The van der Waals surface area contributed by atoms with E-state index < -0.39 is 0 Å². The van der Waals surface area contributed by atoms with Crippen LogP contribution in [0.2, 0.25) is 5.02 Å². The fourth-order valence-electron chi connectivity index (χ4n) is 2.30. The Morgan fingerprint density at radius 1 is 1.36 bits per heavy atom. The van der Waals surface area contributed by atoms with Gasteiger partial charge in [0.25, 0.3) is 0 Å². The van der Waals surface area contributed by atoms with Gasteiger partial charge in [-0.1, -0.05) is 30.3 Å². The van der Waals surface area contributed by atoms with Crippen LogP contribution in [0.3, 0.4) is 0 Å². The van der Waals surface area contributed by atoms with E-state index >= 15 is 0 Å². The van der Waals surface area contributed by atoms with E-state index in [9.17, 15) is 5.11 Å². The number of aryl methyl sites for hydroxylation is 1. The summed E-state index contributed by atoms with van der Waals surface area (Å²) in [5, 5.41) is 19.9. The summed E-state index contributed by atoms with van der Waals surface area (Å²) < 4.78 is 2.12. The number of imidazole rings is 1. The number of hydrogen-bond donors (Lipinski definition) is 1. The van der Waals surface area contributed by atoms with E-state index in [0.29, 0.717) is 17.0 Å². The third kappa shape index (κ3) is 3.64. The summed E-state index contributed by atoms with van der Waals surface area (Å²) in [6, 6.07) is 7.46. The molecule has 6 heteroatoms. The standard InChI is InChI=1S/C16H18ClN3OS/c1-3-14-16(20(4-2)15(19-14)5-6-21)22-13-8-11(10-18)7-12(17)9-13/h7-9,21H,3-6H2,1-2H3. The minimum atomic E-state index is 0.0834.